The van der Waals surface area contributed by atoms with E-state index < -0.39 is 0 Å². The highest BCUT2D eigenvalue weighted by Gasteiger charge is 2.42. The zero-order valence-corrected chi connectivity index (χ0v) is 12.3. The van der Waals surface area contributed by atoms with E-state index in [1.807, 2.05) is 24.3 Å². The summed E-state index contributed by atoms with van der Waals surface area (Å²) < 4.78 is 1.00. The minimum absolute atomic E-state index is 0.165. The van der Waals surface area contributed by atoms with Crippen molar-refractivity contribution in [1.82, 2.24) is 4.90 Å². The van der Waals surface area contributed by atoms with Crippen LogP contribution in [0.2, 0.25) is 0 Å². The molecule has 0 aromatic heterocycles. The number of amides is 1. The zero-order valence-electron chi connectivity index (χ0n) is 9.98. The SMILES string of the molecule is O=C(c1ccc(Br)cc1)N1C2CCC1CC(Cl)C2. The summed E-state index contributed by atoms with van der Waals surface area (Å²) in [5.74, 6) is 0.165. The van der Waals surface area contributed by atoms with Gasteiger partial charge < -0.3 is 4.90 Å². The quantitative estimate of drug-likeness (QED) is 0.718. The second kappa shape index (κ2) is 4.86. The summed E-state index contributed by atoms with van der Waals surface area (Å²) in [6.07, 6.45) is 4.10. The molecule has 2 fully saturated rings. The second-order valence-corrected chi connectivity index (χ2v) is 6.71. The summed E-state index contributed by atoms with van der Waals surface area (Å²) in [5, 5.41) is 0.247. The van der Waals surface area contributed by atoms with Gasteiger partial charge in [0.15, 0.2) is 0 Å². The number of piperidine rings is 1. The summed E-state index contributed by atoms with van der Waals surface area (Å²) in [7, 11) is 0. The summed E-state index contributed by atoms with van der Waals surface area (Å²) in [5.41, 5.74) is 0.781. The number of nitrogens with zero attached hydrogens (tertiary/aromatic N) is 1. The molecule has 0 spiro atoms. The van der Waals surface area contributed by atoms with Crippen LogP contribution < -0.4 is 0 Å². The average molecular weight is 329 g/mol. The van der Waals surface area contributed by atoms with Gasteiger partial charge in [-0.2, -0.15) is 0 Å². The van der Waals surface area contributed by atoms with Crippen LogP contribution in [0.25, 0.3) is 0 Å². The van der Waals surface area contributed by atoms with Gasteiger partial charge in [-0.1, -0.05) is 15.9 Å². The Labute approximate surface area is 120 Å². The molecule has 2 saturated heterocycles. The van der Waals surface area contributed by atoms with Crippen LogP contribution in [0.3, 0.4) is 0 Å². The predicted molar refractivity (Wildman–Crippen MR) is 76.0 cm³/mol. The van der Waals surface area contributed by atoms with Crippen molar-refractivity contribution in [2.75, 3.05) is 0 Å². The van der Waals surface area contributed by atoms with Crippen LogP contribution in [0.15, 0.2) is 28.7 Å². The molecule has 2 bridgehead atoms. The third-order valence-corrected chi connectivity index (χ3v) is 4.89. The van der Waals surface area contributed by atoms with Crippen molar-refractivity contribution in [2.45, 2.75) is 43.1 Å². The van der Waals surface area contributed by atoms with Crippen molar-refractivity contribution < 1.29 is 4.79 Å². The average Bonchev–Trinajstić information content (AvgIpc) is 2.62. The molecule has 2 nitrogen and oxygen atoms in total. The number of halogens is 2. The third-order valence-electron chi connectivity index (χ3n) is 4.00. The number of rotatable bonds is 1. The number of fused-ring (bicyclic) bond motifs is 2. The molecule has 0 saturated carbocycles. The molecular weight excluding hydrogens is 314 g/mol. The Morgan fingerprint density at radius 2 is 1.72 bits per heavy atom. The van der Waals surface area contributed by atoms with Crippen molar-refractivity contribution in [3.63, 3.8) is 0 Å². The third kappa shape index (κ3) is 2.19. The van der Waals surface area contributed by atoms with E-state index in [1.54, 1.807) is 0 Å². The first kappa shape index (κ1) is 12.5. The van der Waals surface area contributed by atoms with Crippen LogP contribution in [-0.4, -0.2) is 28.3 Å². The van der Waals surface area contributed by atoms with E-state index in [0.717, 1.165) is 35.7 Å². The van der Waals surface area contributed by atoms with Crippen molar-refractivity contribution in [1.29, 1.82) is 0 Å². The minimum atomic E-state index is 0.165. The Hall–Kier alpha value is -0.540. The first-order valence-electron chi connectivity index (χ1n) is 6.37. The summed E-state index contributed by atoms with van der Waals surface area (Å²) in [6.45, 7) is 0. The molecule has 1 aromatic carbocycles. The van der Waals surface area contributed by atoms with Gasteiger partial charge in [-0.15, -0.1) is 11.6 Å². The fourth-order valence-corrected chi connectivity index (χ4v) is 3.86. The predicted octanol–water partition coefficient (Wildman–Crippen LogP) is 3.82. The van der Waals surface area contributed by atoms with E-state index in [-0.39, 0.29) is 11.3 Å². The number of hydrogen-bond donors (Lipinski definition) is 0. The summed E-state index contributed by atoms with van der Waals surface area (Å²) in [6, 6.07) is 8.31. The lowest BCUT2D eigenvalue weighted by Crippen LogP contribution is -2.46. The van der Waals surface area contributed by atoms with E-state index in [9.17, 15) is 4.79 Å². The highest BCUT2D eigenvalue weighted by molar-refractivity contribution is 9.10. The standard InChI is InChI=1S/C14H15BrClNO/c15-10-3-1-9(2-4-10)14(18)17-12-5-6-13(17)8-11(16)7-12/h1-4,11-13H,5-8H2. The highest BCUT2D eigenvalue weighted by atomic mass is 79.9. The maximum atomic E-state index is 12.5. The number of benzene rings is 1. The van der Waals surface area contributed by atoms with E-state index >= 15 is 0 Å². The van der Waals surface area contributed by atoms with Gasteiger partial charge >= 0.3 is 0 Å². The lowest BCUT2D eigenvalue weighted by Gasteiger charge is -2.37. The molecule has 1 amide bonds. The first-order valence-corrected chi connectivity index (χ1v) is 7.60. The lowest BCUT2D eigenvalue weighted by atomic mass is 10.0. The monoisotopic (exact) mass is 327 g/mol. The molecule has 0 N–H and O–H groups in total. The van der Waals surface area contributed by atoms with Crippen LogP contribution in [0, 0.1) is 0 Å². The molecule has 96 valence electrons. The van der Waals surface area contributed by atoms with E-state index in [2.05, 4.69) is 20.8 Å². The molecular formula is C14H15BrClNO. The van der Waals surface area contributed by atoms with Crippen LogP contribution >= 0.6 is 27.5 Å². The van der Waals surface area contributed by atoms with Crippen molar-refractivity contribution in [3.05, 3.63) is 34.3 Å². The highest BCUT2D eigenvalue weighted by Crippen LogP contribution is 2.38. The Kier molecular flexibility index (Phi) is 3.37. The van der Waals surface area contributed by atoms with Crippen LogP contribution in [-0.2, 0) is 0 Å². The van der Waals surface area contributed by atoms with Crippen LogP contribution in [0.1, 0.15) is 36.0 Å². The van der Waals surface area contributed by atoms with Gasteiger partial charge in [0.2, 0.25) is 0 Å². The lowest BCUT2D eigenvalue weighted by molar-refractivity contribution is 0.0599. The molecule has 0 radical (unpaired) electrons. The summed E-state index contributed by atoms with van der Waals surface area (Å²) in [4.78, 5) is 14.6. The Morgan fingerprint density at radius 1 is 1.17 bits per heavy atom. The van der Waals surface area contributed by atoms with Gasteiger partial charge in [-0.05, 0) is 49.9 Å². The van der Waals surface area contributed by atoms with Gasteiger partial charge in [0, 0.05) is 27.5 Å². The molecule has 0 aliphatic carbocycles. The number of hydrogen-bond acceptors (Lipinski definition) is 1. The van der Waals surface area contributed by atoms with Crippen LogP contribution in [0.4, 0.5) is 0 Å². The largest absolute Gasteiger partial charge is 0.333 e. The number of alkyl halides is 1. The maximum Gasteiger partial charge on any atom is 0.254 e. The van der Waals surface area contributed by atoms with Crippen molar-refractivity contribution in [2.24, 2.45) is 0 Å². The molecule has 18 heavy (non-hydrogen) atoms. The van der Waals surface area contributed by atoms with E-state index in [1.165, 1.54) is 0 Å². The fraction of sp³-hybridized carbons (Fsp3) is 0.500. The Morgan fingerprint density at radius 3 is 2.28 bits per heavy atom. The molecule has 2 atom stereocenters. The smallest absolute Gasteiger partial charge is 0.254 e. The molecule has 3 rings (SSSR count). The van der Waals surface area contributed by atoms with Crippen LogP contribution in [0.5, 0.6) is 0 Å². The molecule has 2 unspecified atom stereocenters. The van der Waals surface area contributed by atoms with Gasteiger partial charge in [0.25, 0.3) is 5.91 Å². The maximum absolute atomic E-state index is 12.5. The number of carbonyl (C=O) groups is 1. The Balaban J connectivity index is 1.83. The Bertz CT molecular complexity index is 447. The van der Waals surface area contributed by atoms with Crippen molar-refractivity contribution >= 4 is 33.4 Å². The van der Waals surface area contributed by atoms with E-state index in [4.69, 9.17) is 11.6 Å². The molecule has 2 aliphatic heterocycles. The molecule has 1 aromatic rings. The van der Waals surface area contributed by atoms with E-state index in [0.29, 0.717) is 12.1 Å². The summed E-state index contributed by atoms with van der Waals surface area (Å²) >= 11 is 9.63. The first-order chi connectivity index (χ1) is 8.65. The molecule has 2 aliphatic rings. The van der Waals surface area contributed by atoms with Crippen molar-refractivity contribution in [3.8, 4) is 0 Å². The normalized spacial score (nSPS) is 30.6. The molecule has 2 heterocycles. The zero-order chi connectivity index (χ0) is 12.7. The minimum Gasteiger partial charge on any atom is -0.333 e. The number of carbonyl (C=O) groups excluding carboxylic acids is 1. The topological polar surface area (TPSA) is 20.3 Å². The van der Waals surface area contributed by atoms with Gasteiger partial charge in [-0.3, -0.25) is 4.79 Å². The fourth-order valence-electron chi connectivity index (χ4n) is 3.18. The molecule has 4 heteroatoms. The van der Waals surface area contributed by atoms with Gasteiger partial charge in [0.1, 0.15) is 0 Å². The second-order valence-electron chi connectivity index (χ2n) is 5.17. The van der Waals surface area contributed by atoms with Gasteiger partial charge in [-0.25, -0.2) is 0 Å². The van der Waals surface area contributed by atoms with Gasteiger partial charge in [0.05, 0.1) is 0 Å².